The van der Waals surface area contributed by atoms with Gasteiger partial charge in [0.2, 0.25) is 0 Å². The standard InChI is InChI=1S/C31H36F2N6O4/c1-38-8-10-39(11-9-38)26-7-5-23(31(34)41)28(35-22(16-42-2)17-43-3)27(26)29-24-14-18(4-6-25(24)36-37-29)30(40)19-12-20(32)15-21(33)13-19/h4-7,12-15,22,30,35,40H,8-11,16-17H2,1-3H3,(H2,34,41)(H,36,37). The fourth-order valence-electron chi connectivity index (χ4n) is 5.55. The molecule has 2 heterocycles. The Morgan fingerprint density at radius 3 is 2.33 bits per heavy atom. The van der Waals surface area contributed by atoms with Crippen LogP contribution >= 0.6 is 0 Å². The van der Waals surface area contributed by atoms with Gasteiger partial charge >= 0.3 is 0 Å². The molecule has 3 aromatic carbocycles. The number of methoxy groups -OCH3 is 2. The van der Waals surface area contributed by atoms with E-state index in [1.807, 2.05) is 6.07 Å². The minimum Gasteiger partial charge on any atom is -0.384 e. The second-order valence-electron chi connectivity index (χ2n) is 10.8. The molecule has 1 unspecified atom stereocenters. The van der Waals surface area contributed by atoms with Gasteiger partial charge in [0.05, 0.1) is 41.6 Å². The van der Waals surface area contributed by atoms with E-state index in [1.165, 1.54) is 0 Å². The number of benzene rings is 3. The number of nitrogens with two attached hydrogens (primary N) is 1. The van der Waals surface area contributed by atoms with E-state index in [-0.39, 0.29) is 17.2 Å². The number of halogens is 2. The monoisotopic (exact) mass is 594 g/mol. The number of hydrogen-bond donors (Lipinski definition) is 4. The first-order valence-corrected chi connectivity index (χ1v) is 14.0. The van der Waals surface area contributed by atoms with Crippen LogP contribution in [0.2, 0.25) is 0 Å². The molecule has 1 aliphatic heterocycles. The first kappa shape index (κ1) is 30.4. The zero-order valence-electron chi connectivity index (χ0n) is 24.4. The van der Waals surface area contributed by atoms with Gasteiger partial charge in [-0.1, -0.05) is 6.07 Å². The number of nitrogens with one attached hydrogen (secondary N) is 2. The second kappa shape index (κ2) is 13.0. The van der Waals surface area contributed by atoms with Crippen LogP contribution in [0.3, 0.4) is 0 Å². The lowest BCUT2D eigenvalue weighted by molar-refractivity contribution is 0.1000. The van der Waals surface area contributed by atoms with Gasteiger partial charge in [0.15, 0.2) is 0 Å². The average molecular weight is 595 g/mol. The van der Waals surface area contributed by atoms with Crippen LogP contribution in [0, 0.1) is 11.6 Å². The van der Waals surface area contributed by atoms with Gasteiger partial charge in [-0.25, -0.2) is 8.78 Å². The molecule has 0 bridgehead atoms. The largest absolute Gasteiger partial charge is 0.384 e. The summed E-state index contributed by atoms with van der Waals surface area (Å²) in [6.07, 6.45) is -1.29. The molecule has 1 aliphatic rings. The van der Waals surface area contributed by atoms with Crippen LogP contribution in [0.25, 0.3) is 22.2 Å². The minimum atomic E-state index is -1.29. The van der Waals surface area contributed by atoms with E-state index in [1.54, 1.807) is 38.5 Å². The molecule has 1 amide bonds. The number of ether oxygens (including phenoxy) is 2. The molecule has 228 valence electrons. The van der Waals surface area contributed by atoms with Crippen molar-refractivity contribution in [2.45, 2.75) is 12.1 Å². The molecule has 0 aliphatic carbocycles. The SMILES string of the molecule is COCC(COC)Nc1c(C(N)=O)ccc(N2CCN(C)CC2)c1-c1n[nH]c2ccc(C(O)c3cc(F)cc(F)c3)cc12. The van der Waals surface area contributed by atoms with Crippen molar-refractivity contribution in [1.29, 1.82) is 0 Å². The number of carbonyl (C=O) groups is 1. The van der Waals surface area contributed by atoms with E-state index in [9.17, 15) is 18.7 Å². The maximum Gasteiger partial charge on any atom is 0.250 e. The summed E-state index contributed by atoms with van der Waals surface area (Å²) in [4.78, 5) is 17.2. The summed E-state index contributed by atoms with van der Waals surface area (Å²) in [5.41, 5.74) is 9.82. The number of H-pyrrole nitrogens is 1. The second-order valence-corrected chi connectivity index (χ2v) is 10.8. The fourth-order valence-corrected chi connectivity index (χ4v) is 5.55. The van der Waals surface area contributed by atoms with Crippen molar-refractivity contribution in [3.05, 3.63) is 76.9 Å². The van der Waals surface area contributed by atoms with Gasteiger partial charge in [-0.15, -0.1) is 0 Å². The lowest BCUT2D eigenvalue weighted by Gasteiger charge is -2.36. The number of anilines is 2. The molecule has 1 aromatic heterocycles. The predicted molar refractivity (Wildman–Crippen MR) is 161 cm³/mol. The third kappa shape index (κ3) is 6.47. The van der Waals surface area contributed by atoms with E-state index in [0.29, 0.717) is 46.6 Å². The predicted octanol–water partition coefficient (Wildman–Crippen LogP) is 3.51. The molecule has 4 aromatic rings. The van der Waals surface area contributed by atoms with Crippen LogP contribution in [-0.4, -0.2) is 92.8 Å². The highest BCUT2D eigenvalue weighted by Crippen LogP contribution is 2.43. The number of rotatable bonds is 11. The number of aliphatic hydroxyl groups excluding tert-OH is 1. The highest BCUT2D eigenvalue weighted by atomic mass is 19.1. The topological polar surface area (TPSA) is 129 Å². The Morgan fingerprint density at radius 1 is 1.02 bits per heavy atom. The molecule has 43 heavy (non-hydrogen) atoms. The molecule has 0 radical (unpaired) electrons. The Labute approximate surface area is 248 Å². The number of carbonyl (C=O) groups excluding carboxylic acids is 1. The van der Waals surface area contributed by atoms with Crippen LogP contribution in [-0.2, 0) is 9.47 Å². The molecular weight excluding hydrogens is 558 g/mol. The number of fused-ring (bicyclic) bond motifs is 1. The van der Waals surface area contributed by atoms with E-state index >= 15 is 0 Å². The van der Waals surface area contributed by atoms with Crippen molar-refractivity contribution in [1.82, 2.24) is 15.1 Å². The first-order chi connectivity index (χ1) is 20.7. The fraction of sp³-hybridized carbons (Fsp3) is 0.355. The maximum absolute atomic E-state index is 14.0. The van der Waals surface area contributed by atoms with Gasteiger partial charge in [-0.2, -0.15) is 5.10 Å². The Hall–Kier alpha value is -4.10. The smallest absolute Gasteiger partial charge is 0.250 e. The minimum absolute atomic E-state index is 0.0834. The summed E-state index contributed by atoms with van der Waals surface area (Å²) >= 11 is 0. The van der Waals surface area contributed by atoms with Gasteiger partial charge < -0.3 is 35.4 Å². The normalized spacial score (nSPS) is 14.9. The maximum atomic E-state index is 14.0. The first-order valence-electron chi connectivity index (χ1n) is 14.0. The molecule has 5 rings (SSSR count). The number of amides is 1. The number of piperazine rings is 1. The van der Waals surface area contributed by atoms with Gasteiger partial charge in [0.1, 0.15) is 23.4 Å². The molecule has 1 fully saturated rings. The van der Waals surface area contributed by atoms with Gasteiger partial charge in [-0.3, -0.25) is 9.89 Å². The summed E-state index contributed by atoms with van der Waals surface area (Å²) < 4.78 is 38.8. The Morgan fingerprint density at radius 2 is 1.70 bits per heavy atom. The molecule has 10 nitrogen and oxygen atoms in total. The van der Waals surface area contributed by atoms with Crippen molar-refractivity contribution in [2.75, 3.05) is 70.9 Å². The molecule has 12 heteroatoms. The lowest BCUT2D eigenvalue weighted by atomic mass is 9.95. The highest BCUT2D eigenvalue weighted by Gasteiger charge is 2.28. The molecule has 1 saturated heterocycles. The zero-order chi connectivity index (χ0) is 30.7. The van der Waals surface area contributed by atoms with E-state index in [4.69, 9.17) is 15.2 Å². The Kier molecular flexibility index (Phi) is 9.21. The number of aromatic amines is 1. The van der Waals surface area contributed by atoms with Crippen LogP contribution in [0.4, 0.5) is 20.2 Å². The summed E-state index contributed by atoms with van der Waals surface area (Å²) in [5, 5.41) is 22.9. The van der Waals surface area contributed by atoms with Gasteiger partial charge in [0.25, 0.3) is 5.91 Å². The van der Waals surface area contributed by atoms with Crippen LogP contribution in [0.5, 0.6) is 0 Å². The summed E-state index contributed by atoms with van der Waals surface area (Å²) in [7, 11) is 5.24. The van der Waals surface area contributed by atoms with Crippen molar-refractivity contribution >= 4 is 28.2 Å². The van der Waals surface area contributed by atoms with Crippen molar-refractivity contribution in [3.63, 3.8) is 0 Å². The van der Waals surface area contributed by atoms with Crippen LogP contribution < -0.4 is 16.0 Å². The van der Waals surface area contributed by atoms with Crippen molar-refractivity contribution in [3.8, 4) is 11.3 Å². The summed E-state index contributed by atoms with van der Waals surface area (Å²) in [5.74, 6) is -2.18. The van der Waals surface area contributed by atoms with Crippen LogP contribution in [0.1, 0.15) is 27.6 Å². The number of likely N-dealkylation sites (N-methyl/N-ethyl adjacent to an activating group) is 1. The number of nitrogens with zero attached hydrogens (tertiary/aromatic N) is 3. The highest BCUT2D eigenvalue weighted by molar-refractivity contribution is 6.08. The van der Waals surface area contributed by atoms with Crippen molar-refractivity contribution in [2.24, 2.45) is 5.73 Å². The summed E-state index contributed by atoms with van der Waals surface area (Å²) in [6.45, 7) is 3.78. The number of aliphatic hydroxyl groups is 1. The quantitative estimate of drug-likeness (QED) is 0.208. The number of primary amides is 1. The van der Waals surface area contributed by atoms with E-state index in [2.05, 4.69) is 32.4 Å². The van der Waals surface area contributed by atoms with Crippen molar-refractivity contribution < 1.29 is 28.2 Å². The molecule has 5 N–H and O–H groups in total. The van der Waals surface area contributed by atoms with Gasteiger partial charge in [0, 0.05) is 57.5 Å². The molecular formula is C31H36F2N6O4. The molecule has 0 saturated carbocycles. The number of aromatic nitrogens is 2. The van der Waals surface area contributed by atoms with Gasteiger partial charge in [-0.05, 0) is 54.6 Å². The zero-order valence-corrected chi connectivity index (χ0v) is 24.4. The molecule has 0 spiro atoms. The van der Waals surface area contributed by atoms with Crippen LogP contribution in [0.15, 0.2) is 48.5 Å². The molecule has 1 atom stereocenters. The number of hydrogen-bond acceptors (Lipinski definition) is 8. The summed E-state index contributed by atoms with van der Waals surface area (Å²) in [6, 6.07) is 11.4. The third-order valence-electron chi connectivity index (χ3n) is 7.72. The van der Waals surface area contributed by atoms with E-state index in [0.717, 1.165) is 50.1 Å². The third-order valence-corrected chi connectivity index (χ3v) is 7.72. The average Bonchev–Trinajstić information content (AvgIpc) is 3.39. The van der Waals surface area contributed by atoms with E-state index < -0.39 is 23.6 Å². The Bertz CT molecular complexity index is 1580. The Balaban J connectivity index is 1.71. The lowest BCUT2D eigenvalue weighted by Crippen LogP contribution is -2.44.